The van der Waals surface area contributed by atoms with Gasteiger partial charge in [-0.25, -0.2) is 13.8 Å². The average Bonchev–Trinajstić information content (AvgIpc) is 2.96. The molecule has 11 heteroatoms. The minimum atomic E-state index is -2.68. The molecule has 0 fully saturated rings. The molecule has 10 nitrogen and oxygen atoms in total. The number of hydrogen-bond donors (Lipinski definition) is 4. The molecule has 0 aliphatic carbocycles. The number of hydrogen-bond acceptors (Lipinski definition) is 5. The molecule has 40 heavy (non-hydrogen) atoms. The quantitative estimate of drug-likeness (QED) is 0.195. The summed E-state index contributed by atoms with van der Waals surface area (Å²) in [5, 5.41) is 15.6. The number of anilines is 2. The Morgan fingerprint density at radius 2 is 1.73 bits per heavy atom. The average molecular weight is 561 g/mol. The molecule has 4 N–H and O–H groups in total. The van der Waals surface area contributed by atoms with Gasteiger partial charge in [0.05, 0.1) is 12.8 Å². The third-order valence-electron chi connectivity index (χ3n) is 6.05. The van der Waals surface area contributed by atoms with E-state index in [1.807, 2.05) is 12.1 Å². The first kappa shape index (κ1) is 28.3. The second kappa shape index (κ2) is 13.4. The van der Waals surface area contributed by atoms with Crippen LogP contribution in [-0.2, 0) is 29.0 Å². The Labute approximate surface area is 234 Å². The Hall–Kier alpha value is -4.74. The summed E-state index contributed by atoms with van der Waals surface area (Å²) in [5.74, 6) is -1.03. The highest BCUT2D eigenvalue weighted by Gasteiger charge is 2.32. The van der Waals surface area contributed by atoms with Crippen LogP contribution in [0.15, 0.2) is 97.3 Å². The van der Waals surface area contributed by atoms with Gasteiger partial charge < -0.3 is 20.5 Å². The summed E-state index contributed by atoms with van der Waals surface area (Å²) in [6, 6.07) is 22.7. The Kier molecular flexibility index (Phi) is 9.44. The van der Waals surface area contributed by atoms with E-state index in [1.165, 1.54) is 7.11 Å². The lowest BCUT2D eigenvalue weighted by atomic mass is 10.0. The fourth-order valence-electron chi connectivity index (χ4n) is 4.15. The molecule has 4 rings (SSSR count). The van der Waals surface area contributed by atoms with Gasteiger partial charge in [0.25, 0.3) is 11.3 Å². The summed E-state index contributed by atoms with van der Waals surface area (Å²) in [4.78, 5) is 28.8. The molecule has 2 unspecified atom stereocenters. The lowest BCUT2D eigenvalue weighted by Gasteiger charge is -2.28. The van der Waals surface area contributed by atoms with Crippen LogP contribution in [0, 0.1) is 0 Å². The summed E-state index contributed by atoms with van der Waals surface area (Å²) in [6.45, 7) is 0.309. The summed E-state index contributed by atoms with van der Waals surface area (Å²) in [5.41, 5.74) is 3.52. The molecule has 206 valence electrons. The van der Waals surface area contributed by atoms with Crippen molar-refractivity contribution >= 4 is 34.6 Å². The molecule has 0 saturated carbocycles. The SMILES string of the molecule is COc1ccc(-c2cccc(NC(=O)NCc3cccnc3)c2)cc1N(C(Cc1ccccc1)C(=O)O)S(=O)O. The number of ether oxygens (including phenoxy) is 1. The molecule has 0 saturated heterocycles. The Balaban J connectivity index is 1.60. The number of aliphatic carboxylic acids is 1. The van der Waals surface area contributed by atoms with Crippen LogP contribution in [0.3, 0.4) is 0 Å². The van der Waals surface area contributed by atoms with Crippen LogP contribution < -0.4 is 19.7 Å². The minimum absolute atomic E-state index is 0.0105. The first-order chi connectivity index (χ1) is 19.4. The normalized spacial score (nSPS) is 12.2. The number of aromatic nitrogens is 1. The number of methoxy groups -OCH3 is 1. The first-order valence-corrected chi connectivity index (χ1v) is 13.3. The standard InChI is InChI=1S/C29H28N4O6S/c1-39-27-13-12-23(17-25(27)33(40(37)38)26(28(34)35)15-20-7-3-2-4-8-20)22-10-5-11-24(16-22)32-29(36)31-19-21-9-6-14-30-18-21/h2-14,16-18,26H,15,19H2,1H3,(H,34,35)(H,37,38)(H2,31,32,36). The van der Waals surface area contributed by atoms with Gasteiger partial charge >= 0.3 is 12.0 Å². The van der Waals surface area contributed by atoms with Gasteiger partial charge in [0.15, 0.2) is 0 Å². The van der Waals surface area contributed by atoms with Crippen molar-refractivity contribution in [1.82, 2.24) is 10.3 Å². The van der Waals surface area contributed by atoms with E-state index >= 15 is 0 Å². The van der Waals surface area contributed by atoms with Crippen molar-refractivity contribution < 1.29 is 28.2 Å². The number of pyridine rings is 1. The van der Waals surface area contributed by atoms with Gasteiger partial charge in [-0.05, 0) is 52.6 Å². The van der Waals surface area contributed by atoms with E-state index in [4.69, 9.17) is 4.74 Å². The molecule has 2 atom stereocenters. The van der Waals surface area contributed by atoms with E-state index in [1.54, 1.807) is 85.2 Å². The predicted molar refractivity (Wildman–Crippen MR) is 153 cm³/mol. The van der Waals surface area contributed by atoms with Gasteiger partial charge in [0.2, 0.25) is 0 Å². The van der Waals surface area contributed by atoms with Gasteiger partial charge in [-0.15, -0.1) is 0 Å². The number of nitrogens with one attached hydrogen (secondary N) is 2. The Morgan fingerprint density at radius 3 is 2.40 bits per heavy atom. The van der Waals surface area contributed by atoms with E-state index in [0.717, 1.165) is 9.87 Å². The van der Waals surface area contributed by atoms with Crippen LogP contribution in [0.4, 0.5) is 16.2 Å². The number of nitrogens with zero attached hydrogens (tertiary/aromatic N) is 2. The zero-order valence-corrected chi connectivity index (χ0v) is 22.4. The van der Waals surface area contributed by atoms with Crippen LogP contribution in [-0.4, -0.2) is 44.0 Å². The van der Waals surface area contributed by atoms with Gasteiger partial charge in [0, 0.05) is 31.0 Å². The zero-order chi connectivity index (χ0) is 28.5. The maximum atomic E-state index is 12.6. The molecule has 0 radical (unpaired) electrons. The molecule has 1 heterocycles. The highest BCUT2D eigenvalue weighted by atomic mass is 32.2. The van der Waals surface area contributed by atoms with Crippen molar-refractivity contribution in [2.24, 2.45) is 0 Å². The van der Waals surface area contributed by atoms with Crippen molar-refractivity contribution in [2.45, 2.75) is 19.0 Å². The molecule has 0 aliphatic rings. The largest absolute Gasteiger partial charge is 0.495 e. The van der Waals surface area contributed by atoms with Crippen molar-refractivity contribution in [1.29, 1.82) is 0 Å². The number of carbonyl (C=O) groups excluding carboxylic acids is 1. The number of carboxylic acid groups (broad SMARTS) is 1. The van der Waals surface area contributed by atoms with Gasteiger partial charge in [-0.2, -0.15) is 0 Å². The summed E-state index contributed by atoms with van der Waals surface area (Å²) in [7, 11) is 1.40. The number of benzene rings is 3. The van der Waals surface area contributed by atoms with Crippen molar-refractivity contribution in [3.63, 3.8) is 0 Å². The van der Waals surface area contributed by atoms with E-state index in [-0.39, 0.29) is 17.9 Å². The number of rotatable bonds is 11. The maximum absolute atomic E-state index is 12.6. The number of urea groups is 1. The molecule has 0 aliphatic heterocycles. The smallest absolute Gasteiger partial charge is 0.327 e. The topological polar surface area (TPSA) is 141 Å². The van der Waals surface area contributed by atoms with Crippen molar-refractivity contribution in [3.8, 4) is 16.9 Å². The second-order valence-electron chi connectivity index (χ2n) is 8.74. The molecular formula is C29H28N4O6S. The number of amides is 2. The molecule has 3 aromatic carbocycles. The van der Waals surface area contributed by atoms with E-state index in [2.05, 4.69) is 15.6 Å². The molecule has 4 aromatic rings. The Bertz CT molecular complexity index is 1490. The van der Waals surface area contributed by atoms with Crippen LogP contribution in [0.2, 0.25) is 0 Å². The third-order valence-corrected chi connectivity index (χ3v) is 6.84. The maximum Gasteiger partial charge on any atom is 0.327 e. The number of carboxylic acids is 1. The highest BCUT2D eigenvalue weighted by molar-refractivity contribution is 7.80. The molecule has 2 amide bonds. The third kappa shape index (κ3) is 7.22. The lowest BCUT2D eigenvalue weighted by molar-refractivity contribution is -0.138. The van der Waals surface area contributed by atoms with E-state index in [9.17, 15) is 23.5 Å². The van der Waals surface area contributed by atoms with E-state index < -0.39 is 29.3 Å². The minimum Gasteiger partial charge on any atom is -0.495 e. The zero-order valence-electron chi connectivity index (χ0n) is 21.6. The monoisotopic (exact) mass is 560 g/mol. The Morgan fingerprint density at radius 1 is 0.975 bits per heavy atom. The fraction of sp³-hybridized carbons (Fsp3) is 0.138. The second-order valence-corrected chi connectivity index (χ2v) is 9.59. The van der Waals surface area contributed by atoms with Crippen molar-refractivity contribution in [3.05, 3.63) is 108 Å². The van der Waals surface area contributed by atoms with E-state index in [0.29, 0.717) is 28.9 Å². The lowest BCUT2D eigenvalue weighted by Crippen LogP contribution is -2.44. The molecule has 1 aromatic heterocycles. The van der Waals surface area contributed by atoms with Gasteiger partial charge in [-0.1, -0.05) is 54.6 Å². The summed E-state index contributed by atoms with van der Waals surface area (Å²) in [6.07, 6.45) is 3.31. The van der Waals surface area contributed by atoms with Crippen molar-refractivity contribution in [2.75, 3.05) is 16.7 Å². The van der Waals surface area contributed by atoms with Crippen LogP contribution in [0.25, 0.3) is 11.1 Å². The molecule has 0 bridgehead atoms. The van der Waals surface area contributed by atoms with Gasteiger partial charge in [0.1, 0.15) is 11.8 Å². The van der Waals surface area contributed by atoms with Crippen LogP contribution in [0.1, 0.15) is 11.1 Å². The predicted octanol–water partition coefficient (Wildman–Crippen LogP) is 4.72. The molecular weight excluding hydrogens is 532 g/mol. The highest BCUT2D eigenvalue weighted by Crippen LogP contribution is 2.36. The summed E-state index contributed by atoms with van der Waals surface area (Å²) >= 11 is -2.68. The van der Waals surface area contributed by atoms with Crippen LogP contribution >= 0.6 is 0 Å². The first-order valence-electron chi connectivity index (χ1n) is 12.2. The summed E-state index contributed by atoms with van der Waals surface area (Å²) < 4.78 is 29.2. The van der Waals surface area contributed by atoms with Crippen LogP contribution in [0.5, 0.6) is 5.75 Å². The van der Waals surface area contributed by atoms with Gasteiger partial charge in [-0.3, -0.25) is 13.8 Å². The fourth-order valence-corrected chi connectivity index (χ4v) is 4.84. The molecule has 0 spiro atoms. The number of carbonyl (C=O) groups is 2.